The Hall–Kier alpha value is -2.35. The second kappa shape index (κ2) is 7.44. The van der Waals surface area contributed by atoms with E-state index in [4.69, 9.17) is 9.84 Å². The van der Waals surface area contributed by atoms with Crippen molar-refractivity contribution in [1.82, 2.24) is 0 Å². The van der Waals surface area contributed by atoms with Crippen LogP contribution in [0.15, 0.2) is 18.2 Å². The van der Waals surface area contributed by atoms with Crippen LogP contribution >= 0.6 is 0 Å². The van der Waals surface area contributed by atoms with Crippen LogP contribution < -0.4 is 10.1 Å². The number of nitrogens with zero attached hydrogens (tertiary/aromatic N) is 1. The maximum atomic E-state index is 11.4. The molecule has 1 aromatic carbocycles. The molecule has 8 heteroatoms. The van der Waals surface area contributed by atoms with Gasteiger partial charge in [0.05, 0.1) is 24.7 Å². The Bertz CT molecular complexity index is 517. The van der Waals surface area contributed by atoms with E-state index in [0.29, 0.717) is 5.69 Å². The molecule has 1 atom stereocenters. The number of nitro groups is 1. The zero-order chi connectivity index (χ0) is 16.0. The largest absolute Gasteiger partial charge is 0.484 e. The molecule has 1 aromatic rings. The Kier molecular flexibility index (Phi) is 5.92. The normalized spacial score (nSPS) is 11.9. The maximum absolute atomic E-state index is 11.4. The first kappa shape index (κ1) is 16.7. The van der Waals surface area contributed by atoms with Crippen molar-refractivity contribution in [2.45, 2.75) is 26.0 Å². The molecule has 0 saturated heterocycles. The smallest absolute Gasteiger partial charge is 0.330 e. The van der Waals surface area contributed by atoms with Gasteiger partial charge in [-0.15, -0.1) is 0 Å². The topological polar surface area (TPSA) is 111 Å². The summed E-state index contributed by atoms with van der Waals surface area (Å²) in [4.78, 5) is 21.8. The minimum atomic E-state index is -0.955. The number of rotatable bonds is 7. The van der Waals surface area contributed by atoms with Gasteiger partial charge in [0.15, 0.2) is 5.75 Å². The number of benzene rings is 1. The third kappa shape index (κ3) is 4.60. The van der Waals surface area contributed by atoms with Crippen molar-refractivity contribution in [2.75, 3.05) is 19.0 Å². The van der Waals surface area contributed by atoms with Gasteiger partial charge in [0.2, 0.25) is 0 Å². The number of aliphatic hydroxyl groups is 1. The van der Waals surface area contributed by atoms with Crippen LogP contribution in [-0.4, -0.2) is 41.9 Å². The van der Waals surface area contributed by atoms with E-state index < -0.39 is 23.5 Å². The van der Waals surface area contributed by atoms with Gasteiger partial charge < -0.3 is 19.9 Å². The molecule has 2 N–H and O–H groups in total. The van der Waals surface area contributed by atoms with Gasteiger partial charge in [0.25, 0.3) is 0 Å². The molecule has 0 aliphatic carbocycles. The van der Waals surface area contributed by atoms with Crippen molar-refractivity contribution in [2.24, 2.45) is 0 Å². The Morgan fingerprint density at radius 3 is 2.62 bits per heavy atom. The fourth-order valence-corrected chi connectivity index (χ4v) is 1.63. The van der Waals surface area contributed by atoms with Crippen molar-refractivity contribution < 1.29 is 24.3 Å². The predicted molar refractivity (Wildman–Crippen MR) is 75.4 cm³/mol. The number of nitrogens with one attached hydrogen (secondary N) is 1. The summed E-state index contributed by atoms with van der Waals surface area (Å²) in [6.45, 7) is 3.02. The fourth-order valence-electron chi connectivity index (χ4n) is 1.63. The zero-order valence-electron chi connectivity index (χ0n) is 12.0. The van der Waals surface area contributed by atoms with E-state index in [0.717, 1.165) is 0 Å². The van der Waals surface area contributed by atoms with Crippen molar-refractivity contribution in [3.63, 3.8) is 0 Å². The molecule has 8 nitrogen and oxygen atoms in total. The highest BCUT2D eigenvalue weighted by Crippen LogP contribution is 2.31. The molecule has 0 bridgehead atoms. The van der Waals surface area contributed by atoms with Gasteiger partial charge >= 0.3 is 11.7 Å². The predicted octanol–water partition coefficient (Wildman–Crippen LogP) is 1.33. The zero-order valence-corrected chi connectivity index (χ0v) is 12.0. The summed E-state index contributed by atoms with van der Waals surface area (Å²) in [7, 11) is 1.20. The van der Waals surface area contributed by atoms with E-state index in [-0.39, 0.29) is 17.5 Å². The molecule has 0 amide bonds. The molecule has 1 unspecified atom stereocenters. The SMILES string of the molecule is COC(=O)C(CO)Nc1ccc([N+](=O)[O-])c(OC(C)C)c1. The van der Waals surface area contributed by atoms with Crippen molar-refractivity contribution in [1.29, 1.82) is 0 Å². The number of hydrogen-bond acceptors (Lipinski definition) is 7. The lowest BCUT2D eigenvalue weighted by atomic mass is 10.2. The number of nitro benzene ring substituents is 1. The summed E-state index contributed by atoms with van der Waals surface area (Å²) in [5.74, 6) is -0.552. The van der Waals surface area contributed by atoms with Crippen LogP contribution in [0.2, 0.25) is 0 Å². The molecular weight excluding hydrogens is 280 g/mol. The minimum Gasteiger partial charge on any atom is -0.484 e. The van der Waals surface area contributed by atoms with Crippen LogP contribution in [0, 0.1) is 10.1 Å². The molecule has 0 spiro atoms. The van der Waals surface area contributed by atoms with Crippen LogP contribution in [-0.2, 0) is 9.53 Å². The third-order valence-corrected chi connectivity index (χ3v) is 2.53. The number of hydrogen-bond donors (Lipinski definition) is 2. The molecule has 21 heavy (non-hydrogen) atoms. The van der Waals surface area contributed by atoms with Crippen molar-refractivity contribution >= 4 is 17.3 Å². The van der Waals surface area contributed by atoms with E-state index in [1.165, 1.54) is 25.3 Å². The van der Waals surface area contributed by atoms with Gasteiger partial charge in [-0.25, -0.2) is 4.79 Å². The second-order valence-corrected chi connectivity index (χ2v) is 4.51. The number of aliphatic hydroxyl groups excluding tert-OH is 1. The lowest BCUT2D eigenvalue weighted by molar-refractivity contribution is -0.386. The summed E-state index contributed by atoms with van der Waals surface area (Å²) < 4.78 is 9.92. The van der Waals surface area contributed by atoms with Gasteiger partial charge in [-0.2, -0.15) is 0 Å². The summed E-state index contributed by atoms with van der Waals surface area (Å²) in [6.07, 6.45) is -0.242. The number of ether oxygens (including phenoxy) is 2. The number of esters is 1. The van der Waals surface area contributed by atoms with Gasteiger partial charge in [-0.05, 0) is 19.9 Å². The van der Waals surface area contributed by atoms with Gasteiger partial charge in [-0.3, -0.25) is 10.1 Å². The highest BCUT2D eigenvalue weighted by atomic mass is 16.6. The van der Waals surface area contributed by atoms with E-state index in [2.05, 4.69) is 10.1 Å². The Balaban J connectivity index is 3.04. The fraction of sp³-hybridized carbons (Fsp3) is 0.462. The average Bonchev–Trinajstić information content (AvgIpc) is 2.43. The van der Waals surface area contributed by atoms with Crippen LogP contribution in [0.5, 0.6) is 5.75 Å². The first-order valence-corrected chi connectivity index (χ1v) is 6.29. The molecule has 1 rings (SSSR count). The maximum Gasteiger partial charge on any atom is 0.330 e. The van der Waals surface area contributed by atoms with E-state index in [1.54, 1.807) is 13.8 Å². The minimum absolute atomic E-state index is 0.0848. The molecule has 0 aliphatic rings. The number of carbonyl (C=O) groups excluding carboxylic acids is 1. The monoisotopic (exact) mass is 298 g/mol. The summed E-state index contributed by atoms with van der Waals surface area (Å²) in [5, 5.41) is 22.8. The lowest BCUT2D eigenvalue weighted by Gasteiger charge is -2.16. The quantitative estimate of drug-likeness (QED) is 0.443. The average molecular weight is 298 g/mol. The van der Waals surface area contributed by atoms with E-state index >= 15 is 0 Å². The highest BCUT2D eigenvalue weighted by molar-refractivity contribution is 5.79. The first-order chi connectivity index (χ1) is 9.88. The molecule has 0 heterocycles. The molecule has 0 fully saturated rings. The van der Waals surface area contributed by atoms with Crippen LogP contribution in [0.3, 0.4) is 0 Å². The molecule has 116 valence electrons. The van der Waals surface area contributed by atoms with Crippen molar-refractivity contribution in [3.05, 3.63) is 28.3 Å². The van der Waals surface area contributed by atoms with Crippen LogP contribution in [0.1, 0.15) is 13.8 Å². The van der Waals surface area contributed by atoms with Crippen molar-refractivity contribution in [3.8, 4) is 5.75 Å². The Labute approximate surface area is 121 Å². The van der Waals surface area contributed by atoms with E-state index in [1.807, 2.05) is 0 Å². The van der Waals surface area contributed by atoms with Gasteiger partial charge in [-0.1, -0.05) is 0 Å². The Morgan fingerprint density at radius 2 is 2.14 bits per heavy atom. The first-order valence-electron chi connectivity index (χ1n) is 6.29. The second-order valence-electron chi connectivity index (χ2n) is 4.51. The van der Waals surface area contributed by atoms with Gasteiger partial charge in [0, 0.05) is 17.8 Å². The summed E-state index contributed by atoms with van der Waals surface area (Å²) in [6, 6.07) is 3.15. The molecule has 0 saturated carbocycles. The highest BCUT2D eigenvalue weighted by Gasteiger charge is 2.21. The van der Waals surface area contributed by atoms with Gasteiger partial charge in [0.1, 0.15) is 6.04 Å². The Morgan fingerprint density at radius 1 is 1.48 bits per heavy atom. The van der Waals surface area contributed by atoms with E-state index in [9.17, 15) is 14.9 Å². The molecule has 0 radical (unpaired) electrons. The summed E-state index contributed by atoms with van der Waals surface area (Å²) >= 11 is 0. The number of carbonyl (C=O) groups is 1. The number of methoxy groups -OCH3 is 1. The standard InChI is InChI=1S/C13H18N2O6/c1-8(2)21-12-6-9(4-5-11(12)15(18)19)14-10(7-16)13(17)20-3/h4-6,8,10,14,16H,7H2,1-3H3. The number of anilines is 1. The van der Waals surface area contributed by atoms with Crippen LogP contribution in [0.25, 0.3) is 0 Å². The third-order valence-electron chi connectivity index (χ3n) is 2.53. The van der Waals surface area contributed by atoms with Crippen LogP contribution in [0.4, 0.5) is 11.4 Å². The summed E-state index contributed by atoms with van der Waals surface area (Å²) in [5.41, 5.74) is 0.230. The molecule has 0 aromatic heterocycles. The molecular formula is C13H18N2O6. The lowest BCUT2D eigenvalue weighted by Crippen LogP contribution is -2.34. The molecule has 0 aliphatic heterocycles.